The minimum absolute atomic E-state index is 0.210. The van der Waals surface area contributed by atoms with Crippen molar-refractivity contribution in [3.63, 3.8) is 0 Å². The average molecular weight is 320 g/mol. The van der Waals surface area contributed by atoms with Gasteiger partial charge in [0.25, 0.3) is 5.91 Å². The van der Waals surface area contributed by atoms with Gasteiger partial charge in [0.05, 0.1) is 0 Å². The average Bonchev–Trinajstić information content (AvgIpc) is 2.93. The van der Waals surface area contributed by atoms with Crippen LogP contribution in [0.15, 0.2) is 42.5 Å². The molecular weight excluding hydrogens is 296 g/mol. The molecule has 0 atom stereocenters. The summed E-state index contributed by atoms with van der Waals surface area (Å²) in [5.74, 6) is 1.01. The highest BCUT2D eigenvalue weighted by atomic mass is 16.2. The van der Waals surface area contributed by atoms with E-state index in [-0.39, 0.29) is 5.91 Å². The Morgan fingerprint density at radius 2 is 1.62 bits per heavy atom. The van der Waals surface area contributed by atoms with E-state index in [2.05, 4.69) is 30.0 Å². The number of rotatable bonds is 2. The zero-order valence-electron chi connectivity index (χ0n) is 14.2. The van der Waals surface area contributed by atoms with Crippen molar-refractivity contribution in [1.82, 2.24) is 4.90 Å². The molecule has 1 heterocycles. The predicted octanol–water partition coefficient (Wildman–Crippen LogP) is 4.47. The number of carbonyl (C=O) groups is 1. The third-order valence-corrected chi connectivity index (χ3v) is 5.61. The summed E-state index contributed by atoms with van der Waals surface area (Å²) in [5.41, 5.74) is 10.8. The molecule has 0 aromatic heterocycles. The summed E-state index contributed by atoms with van der Waals surface area (Å²) in [6.45, 7) is 3.09. The summed E-state index contributed by atoms with van der Waals surface area (Å²) >= 11 is 0. The molecule has 2 aliphatic rings. The van der Waals surface area contributed by atoms with Gasteiger partial charge in [0.1, 0.15) is 0 Å². The fourth-order valence-electron chi connectivity index (χ4n) is 4.03. The monoisotopic (exact) mass is 320 g/mol. The molecule has 1 aliphatic heterocycles. The van der Waals surface area contributed by atoms with Gasteiger partial charge in [0, 0.05) is 23.8 Å². The van der Waals surface area contributed by atoms with E-state index in [0.717, 1.165) is 53.2 Å². The Morgan fingerprint density at radius 1 is 0.958 bits per heavy atom. The maximum atomic E-state index is 12.9. The zero-order chi connectivity index (χ0) is 16.7. The minimum atomic E-state index is 0.210. The second-order valence-corrected chi connectivity index (χ2v) is 7.34. The molecule has 0 unspecified atom stereocenters. The Balaban J connectivity index is 1.59. The van der Waals surface area contributed by atoms with Crippen LogP contribution in [0.25, 0.3) is 11.1 Å². The second kappa shape index (κ2) is 5.97. The van der Waals surface area contributed by atoms with E-state index in [1.54, 1.807) is 0 Å². The normalized spacial score (nSPS) is 23.4. The fourth-order valence-corrected chi connectivity index (χ4v) is 4.03. The molecule has 2 aromatic carbocycles. The molecule has 4 rings (SSSR count). The van der Waals surface area contributed by atoms with Crippen molar-refractivity contribution in [1.29, 1.82) is 0 Å². The topological polar surface area (TPSA) is 46.3 Å². The second-order valence-electron chi connectivity index (χ2n) is 7.34. The number of carbonyl (C=O) groups excluding carboxylic acids is 1. The highest BCUT2D eigenvalue weighted by molar-refractivity contribution is 5.99. The largest absolute Gasteiger partial charge is 0.399 e. The van der Waals surface area contributed by atoms with E-state index in [0.29, 0.717) is 6.04 Å². The molecule has 1 saturated carbocycles. The van der Waals surface area contributed by atoms with Gasteiger partial charge in [0.15, 0.2) is 0 Å². The first kappa shape index (κ1) is 15.3. The lowest BCUT2D eigenvalue weighted by atomic mass is 9.86. The SMILES string of the molecule is C[C@H]1CC[C@H](N2Cc3ccc(-c4ccc(N)cc4)cc3C2=O)CC1. The van der Waals surface area contributed by atoms with Crippen molar-refractivity contribution in [3.05, 3.63) is 53.6 Å². The minimum Gasteiger partial charge on any atom is -0.399 e. The summed E-state index contributed by atoms with van der Waals surface area (Å²) in [5, 5.41) is 0. The van der Waals surface area contributed by atoms with Crippen molar-refractivity contribution in [3.8, 4) is 11.1 Å². The van der Waals surface area contributed by atoms with Crippen LogP contribution in [0.3, 0.4) is 0 Å². The standard InChI is InChI=1S/C21H24N2O/c1-14-2-10-19(11-3-14)23-13-17-5-4-16(12-20(17)21(23)24)15-6-8-18(22)9-7-15/h4-9,12,14,19H,2-3,10-11,13,22H2,1H3/t14-,19-. The molecule has 0 saturated heterocycles. The number of benzene rings is 2. The first-order valence-corrected chi connectivity index (χ1v) is 8.91. The molecule has 3 heteroatoms. The quantitative estimate of drug-likeness (QED) is 0.830. The number of anilines is 1. The number of hydrogen-bond donors (Lipinski definition) is 1. The molecule has 0 radical (unpaired) electrons. The third kappa shape index (κ3) is 2.68. The molecule has 24 heavy (non-hydrogen) atoms. The van der Waals surface area contributed by atoms with Crippen LogP contribution in [0.1, 0.15) is 48.5 Å². The van der Waals surface area contributed by atoms with Gasteiger partial charge in [-0.1, -0.05) is 31.2 Å². The van der Waals surface area contributed by atoms with E-state index in [1.165, 1.54) is 12.8 Å². The Bertz CT molecular complexity index is 758. The molecule has 1 fully saturated rings. The number of fused-ring (bicyclic) bond motifs is 1. The molecule has 1 amide bonds. The number of hydrogen-bond acceptors (Lipinski definition) is 2. The van der Waals surface area contributed by atoms with Crippen LogP contribution in [-0.2, 0) is 6.54 Å². The van der Waals surface area contributed by atoms with Gasteiger partial charge >= 0.3 is 0 Å². The van der Waals surface area contributed by atoms with Gasteiger partial charge in [-0.15, -0.1) is 0 Å². The summed E-state index contributed by atoms with van der Waals surface area (Å²) < 4.78 is 0. The van der Waals surface area contributed by atoms with E-state index in [4.69, 9.17) is 5.73 Å². The van der Waals surface area contributed by atoms with Crippen molar-refractivity contribution in [2.45, 2.75) is 45.2 Å². The molecule has 0 spiro atoms. The van der Waals surface area contributed by atoms with Crippen molar-refractivity contribution >= 4 is 11.6 Å². The van der Waals surface area contributed by atoms with Crippen molar-refractivity contribution in [2.24, 2.45) is 5.92 Å². The van der Waals surface area contributed by atoms with Gasteiger partial charge in [-0.05, 0) is 66.5 Å². The van der Waals surface area contributed by atoms with E-state index in [9.17, 15) is 4.79 Å². The lowest BCUT2D eigenvalue weighted by Gasteiger charge is -2.33. The van der Waals surface area contributed by atoms with Crippen molar-refractivity contribution < 1.29 is 4.79 Å². The number of nitrogen functional groups attached to an aromatic ring is 1. The Hall–Kier alpha value is -2.29. The summed E-state index contributed by atoms with van der Waals surface area (Å²) in [7, 11) is 0. The van der Waals surface area contributed by atoms with Gasteiger partial charge in [0.2, 0.25) is 0 Å². The Labute approximate surface area is 143 Å². The lowest BCUT2D eigenvalue weighted by molar-refractivity contribution is 0.0640. The Morgan fingerprint density at radius 3 is 2.33 bits per heavy atom. The zero-order valence-corrected chi connectivity index (χ0v) is 14.2. The predicted molar refractivity (Wildman–Crippen MR) is 97.6 cm³/mol. The van der Waals surface area contributed by atoms with Crippen LogP contribution >= 0.6 is 0 Å². The van der Waals surface area contributed by atoms with E-state index < -0.39 is 0 Å². The van der Waals surface area contributed by atoms with E-state index >= 15 is 0 Å². The number of nitrogens with zero attached hydrogens (tertiary/aromatic N) is 1. The molecule has 2 aromatic rings. The van der Waals surface area contributed by atoms with Gasteiger partial charge in [-0.25, -0.2) is 0 Å². The van der Waals surface area contributed by atoms with Crippen LogP contribution in [0.5, 0.6) is 0 Å². The first-order valence-electron chi connectivity index (χ1n) is 8.91. The third-order valence-electron chi connectivity index (χ3n) is 5.61. The van der Waals surface area contributed by atoms with E-state index in [1.807, 2.05) is 24.3 Å². The maximum absolute atomic E-state index is 12.9. The molecule has 2 N–H and O–H groups in total. The summed E-state index contributed by atoms with van der Waals surface area (Å²) in [6.07, 6.45) is 4.76. The molecule has 1 aliphatic carbocycles. The van der Waals surface area contributed by atoms with Crippen LogP contribution in [-0.4, -0.2) is 16.8 Å². The highest BCUT2D eigenvalue weighted by Gasteiger charge is 2.34. The van der Waals surface area contributed by atoms with Gasteiger partial charge < -0.3 is 10.6 Å². The number of nitrogens with two attached hydrogens (primary N) is 1. The molecular formula is C21H24N2O. The molecule has 3 nitrogen and oxygen atoms in total. The maximum Gasteiger partial charge on any atom is 0.254 e. The lowest BCUT2D eigenvalue weighted by Crippen LogP contribution is -2.37. The number of amides is 1. The summed E-state index contributed by atoms with van der Waals surface area (Å²) in [4.78, 5) is 15.0. The van der Waals surface area contributed by atoms with Crippen molar-refractivity contribution in [2.75, 3.05) is 5.73 Å². The fraction of sp³-hybridized carbons (Fsp3) is 0.381. The Kier molecular flexibility index (Phi) is 3.79. The van der Waals surface area contributed by atoms with Crippen LogP contribution < -0.4 is 5.73 Å². The summed E-state index contributed by atoms with van der Waals surface area (Å²) in [6, 6.07) is 14.5. The molecule has 124 valence electrons. The van der Waals surface area contributed by atoms with Gasteiger partial charge in [-0.3, -0.25) is 4.79 Å². The molecule has 0 bridgehead atoms. The van der Waals surface area contributed by atoms with Crippen LogP contribution in [0.2, 0.25) is 0 Å². The smallest absolute Gasteiger partial charge is 0.254 e. The first-order chi connectivity index (χ1) is 11.6. The van der Waals surface area contributed by atoms with Crippen LogP contribution in [0, 0.1) is 5.92 Å². The highest BCUT2D eigenvalue weighted by Crippen LogP contribution is 2.34. The van der Waals surface area contributed by atoms with Gasteiger partial charge in [-0.2, -0.15) is 0 Å². The van der Waals surface area contributed by atoms with Crippen LogP contribution in [0.4, 0.5) is 5.69 Å².